The molecule has 0 aliphatic carbocycles. The molecule has 5 aliphatic rings. The lowest BCUT2D eigenvalue weighted by Gasteiger charge is -2.49. The lowest BCUT2D eigenvalue weighted by Crippen LogP contribution is -2.68. The van der Waals surface area contributed by atoms with Crippen molar-refractivity contribution in [2.75, 3.05) is 39.6 Å². The lowest BCUT2D eigenvalue weighted by molar-refractivity contribution is -0.404. The molecule has 5 saturated heterocycles. The van der Waals surface area contributed by atoms with E-state index in [4.69, 9.17) is 42.6 Å². The Morgan fingerprint density at radius 3 is 1.05 bits per heavy atom. The molecule has 26 nitrogen and oxygen atoms in total. The SMILES string of the molecule is OC[C@H]1O[C@@](CO)(O[C@H]2O[C@H](CO)[C@@H](O[C@H]3O[C@H](CO)[C@@H](O[C@H]4O[C@H](CO)[C@@H](O[C@H]5O[C@H](CO)[C@@H](O)[C@H](O)[C@H]5O)[C@H](O)[C@H]4O)[C@H](O)[C@H]3O)[C@H](O)[C@H]2O)[C@@H](O)[C@@H]1O. The molecule has 0 spiro atoms. The van der Waals surface area contributed by atoms with Gasteiger partial charge in [-0.3, -0.25) is 0 Å². The molecule has 17 N–H and O–H groups in total. The molecule has 24 atom stereocenters. The van der Waals surface area contributed by atoms with Crippen molar-refractivity contribution in [3.05, 3.63) is 0 Å². The Kier molecular flexibility index (Phi) is 15.7. The monoisotopic (exact) mass is 828 g/mol. The Balaban J connectivity index is 1.23. The Morgan fingerprint density at radius 2 is 0.696 bits per heavy atom. The highest BCUT2D eigenvalue weighted by molar-refractivity contribution is 5.00. The smallest absolute Gasteiger partial charge is 0.224 e. The molecule has 5 heterocycles. The van der Waals surface area contributed by atoms with Crippen molar-refractivity contribution < 1.29 is 129 Å². The van der Waals surface area contributed by atoms with Gasteiger partial charge in [0.25, 0.3) is 0 Å². The van der Waals surface area contributed by atoms with Gasteiger partial charge in [-0.05, 0) is 0 Å². The molecule has 5 rings (SSSR count). The van der Waals surface area contributed by atoms with E-state index in [2.05, 4.69) is 0 Å². The van der Waals surface area contributed by atoms with E-state index in [1.54, 1.807) is 0 Å². The summed E-state index contributed by atoms with van der Waals surface area (Å²) in [5.41, 5.74) is 0. The van der Waals surface area contributed by atoms with Crippen molar-refractivity contribution in [1.29, 1.82) is 0 Å². The van der Waals surface area contributed by atoms with Gasteiger partial charge in [0.15, 0.2) is 25.2 Å². The molecule has 0 aromatic rings. The van der Waals surface area contributed by atoms with Crippen LogP contribution >= 0.6 is 0 Å². The van der Waals surface area contributed by atoms with Crippen molar-refractivity contribution in [2.45, 2.75) is 147 Å². The molecule has 0 bridgehead atoms. The molecule has 26 heteroatoms. The number of aliphatic hydroxyl groups is 17. The summed E-state index contributed by atoms with van der Waals surface area (Å²) in [5.74, 6) is -2.47. The minimum atomic E-state index is -2.47. The average molecular weight is 829 g/mol. The first-order valence-corrected chi connectivity index (χ1v) is 17.6. The fourth-order valence-electron chi connectivity index (χ4n) is 7.10. The molecular formula is C30H52O26. The summed E-state index contributed by atoms with van der Waals surface area (Å²) in [5, 5.41) is 176. The van der Waals surface area contributed by atoms with Gasteiger partial charge < -0.3 is 129 Å². The fraction of sp³-hybridized carbons (Fsp3) is 1.00. The standard InChI is InChI=1S/C30H52O26/c31-1-7-12(37)14(39)18(43)26(48-7)52-22-9(3-33)49-27(19(44)15(22)40)53-23-10(4-34)50-28(20(45)16(23)41)54-24-11(5-35)51-29(21(46)17(24)42)56-30(6-36)25(47)13(38)8(2-32)55-30/h7-29,31-47H,1-6H2/t7-,8-,9-,10-,11-,12-,13-,14+,15-,16-,17-,18-,19-,20-,21-,22-,23-,24-,25+,26-,27-,28-,29-,30+/m1/s1. The molecule has 5 aliphatic heterocycles. The van der Waals surface area contributed by atoms with E-state index in [0.717, 1.165) is 0 Å². The second kappa shape index (κ2) is 19.1. The average Bonchev–Trinajstić information content (AvgIpc) is 3.44. The first-order valence-electron chi connectivity index (χ1n) is 17.6. The van der Waals surface area contributed by atoms with Crippen molar-refractivity contribution in [2.24, 2.45) is 0 Å². The number of hydrogen-bond donors (Lipinski definition) is 17. The van der Waals surface area contributed by atoms with Crippen LogP contribution in [0.4, 0.5) is 0 Å². The molecule has 0 saturated carbocycles. The second-order valence-corrected chi connectivity index (χ2v) is 14.0. The van der Waals surface area contributed by atoms with Crippen molar-refractivity contribution in [1.82, 2.24) is 0 Å². The van der Waals surface area contributed by atoms with Crippen LogP contribution in [0.2, 0.25) is 0 Å². The van der Waals surface area contributed by atoms with Gasteiger partial charge in [-0.2, -0.15) is 0 Å². The van der Waals surface area contributed by atoms with Gasteiger partial charge in [0, 0.05) is 0 Å². The predicted octanol–water partition coefficient (Wildman–Crippen LogP) is -11.9. The van der Waals surface area contributed by atoms with Crippen LogP contribution in [0.25, 0.3) is 0 Å². The molecule has 0 aromatic heterocycles. The van der Waals surface area contributed by atoms with Crippen LogP contribution in [0.3, 0.4) is 0 Å². The van der Waals surface area contributed by atoms with Crippen molar-refractivity contribution in [3.63, 3.8) is 0 Å². The second-order valence-electron chi connectivity index (χ2n) is 14.0. The van der Waals surface area contributed by atoms with Crippen LogP contribution in [0.15, 0.2) is 0 Å². The molecule has 0 unspecified atom stereocenters. The normalized spacial score (nSPS) is 53.0. The molecule has 0 aromatic carbocycles. The molecule has 0 radical (unpaired) electrons. The van der Waals surface area contributed by atoms with Gasteiger partial charge in [-0.25, -0.2) is 0 Å². The van der Waals surface area contributed by atoms with E-state index >= 15 is 0 Å². The fourth-order valence-corrected chi connectivity index (χ4v) is 7.10. The Labute approximate surface area is 316 Å². The maximum atomic E-state index is 11.1. The number of rotatable bonds is 14. The third-order valence-corrected chi connectivity index (χ3v) is 10.4. The maximum Gasteiger partial charge on any atom is 0.224 e. The zero-order valence-corrected chi connectivity index (χ0v) is 29.3. The van der Waals surface area contributed by atoms with E-state index in [0.29, 0.717) is 0 Å². The largest absolute Gasteiger partial charge is 0.394 e. The van der Waals surface area contributed by atoms with Crippen LogP contribution in [0.5, 0.6) is 0 Å². The maximum absolute atomic E-state index is 11.1. The Morgan fingerprint density at radius 1 is 0.357 bits per heavy atom. The van der Waals surface area contributed by atoms with E-state index in [9.17, 15) is 86.8 Å². The van der Waals surface area contributed by atoms with E-state index in [-0.39, 0.29) is 0 Å². The third-order valence-electron chi connectivity index (χ3n) is 10.4. The van der Waals surface area contributed by atoms with Gasteiger partial charge in [-0.15, -0.1) is 0 Å². The van der Waals surface area contributed by atoms with Crippen LogP contribution < -0.4 is 0 Å². The Bertz CT molecular complexity index is 1220. The summed E-state index contributed by atoms with van der Waals surface area (Å²) in [4.78, 5) is 0. The van der Waals surface area contributed by atoms with E-state index in [1.807, 2.05) is 0 Å². The minimum Gasteiger partial charge on any atom is -0.394 e. The zero-order chi connectivity index (χ0) is 41.4. The summed E-state index contributed by atoms with van der Waals surface area (Å²) >= 11 is 0. The van der Waals surface area contributed by atoms with E-state index in [1.165, 1.54) is 0 Å². The van der Waals surface area contributed by atoms with Gasteiger partial charge in [0.1, 0.15) is 123 Å². The topological polar surface area (TPSA) is 427 Å². The summed E-state index contributed by atoms with van der Waals surface area (Å²) in [6, 6.07) is 0. The Hall–Kier alpha value is -1.04. The predicted molar refractivity (Wildman–Crippen MR) is 167 cm³/mol. The van der Waals surface area contributed by atoms with Crippen LogP contribution in [-0.2, 0) is 42.6 Å². The van der Waals surface area contributed by atoms with Crippen LogP contribution in [0.1, 0.15) is 0 Å². The van der Waals surface area contributed by atoms with Gasteiger partial charge in [0.2, 0.25) is 5.79 Å². The minimum absolute atomic E-state index is 0.811. The molecule has 56 heavy (non-hydrogen) atoms. The zero-order valence-electron chi connectivity index (χ0n) is 29.3. The van der Waals surface area contributed by atoms with Gasteiger partial charge >= 0.3 is 0 Å². The molecular weight excluding hydrogens is 776 g/mol. The third kappa shape index (κ3) is 8.73. The molecule has 5 fully saturated rings. The highest BCUT2D eigenvalue weighted by Crippen LogP contribution is 2.38. The van der Waals surface area contributed by atoms with Crippen molar-refractivity contribution in [3.8, 4) is 0 Å². The van der Waals surface area contributed by atoms with Gasteiger partial charge in [-0.1, -0.05) is 0 Å². The summed E-state index contributed by atoms with van der Waals surface area (Å²) < 4.78 is 49.3. The first-order chi connectivity index (χ1) is 26.5. The highest BCUT2D eigenvalue weighted by atomic mass is 16.8. The summed E-state index contributed by atoms with van der Waals surface area (Å²) in [6.07, 6.45) is -42.5. The van der Waals surface area contributed by atoms with Crippen LogP contribution in [-0.4, -0.2) is 273 Å². The highest BCUT2D eigenvalue weighted by Gasteiger charge is 2.60. The summed E-state index contributed by atoms with van der Waals surface area (Å²) in [7, 11) is 0. The van der Waals surface area contributed by atoms with Crippen LogP contribution in [0, 0.1) is 0 Å². The van der Waals surface area contributed by atoms with Gasteiger partial charge in [0.05, 0.1) is 33.0 Å². The van der Waals surface area contributed by atoms with E-state index < -0.39 is 187 Å². The lowest BCUT2D eigenvalue weighted by atomic mass is 9.95. The number of hydrogen-bond acceptors (Lipinski definition) is 26. The van der Waals surface area contributed by atoms with Crippen molar-refractivity contribution >= 4 is 0 Å². The molecule has 328 valence electrons. The molecule has 0 amide bonds. The number of ether oxygens (including phenoxy) is 9. The quantitative estimate of drug-likeness (QED) is 0.0773. The number of aliphatic hydroxyl groups excluding tert-OH is 17. The first kappa shape index (κ1) is 46.0. The summed E-state index contributed by atoms with van der Waals surface area (Å²) in [6.45, 7) is -5.66.